The monoisotopic (exact) mass is 250 g/mol. The van der Waals surface area contributed by atoms with Crippen LogP contribution in [0.3, 0.4) is 0 Å². The van der Waals surface area contributed by atoms with Gasteiger partial charge in [-0.05, 0) is 30.2 Å². The molecule has 0 aliphatic rings. The molecule has 0 spiro atoms. The van der Waals surface area contributed by atoms with Crippen molar-refractivity contribution in [2.45, 2.75) is 13.5 Å². The van der Waals surface area contributed by atoms with Crippen molar-refractivity contribution < 1.29 is 9.13 Å². The molecule has 0 heterocycles. The highest BCUT2D eigenvalue weighted by Gasteiger charge is 2.08. The van der Waals surface area contributed by atoms with Gasteiger partial charge in [0.05, 0.1) is 0 Å². The summed E-state index contributed by atoms with van der Waals surface area (Å²) in [6.45, 7) is 2.18. The molecule has 0 atom stereocenters. The van der Waals surface area contributed by atoms with Crippen molar-refractivity contribution in [3.8, 4) is 5.75 Å². The average molecular weight is 251 g/mol. The molecule has 2 aromatic carbocycles. The number of hydrogen-bond donors (Lipinski definition) is 0. The van der Waals surface area contributed by atoms with Gasteiger partial charge in [0.2, 0.25) is 0 Å². The smallest absolute Gasteiger partial charge is 0.145 e. The molecule has 0 aliphatic carbocycles. The molecule has 0 radical (unpaired) electrons. The highest BCUT2D eigenvalue weighted by molar-refractivity contribution is 6.32. The van der Waals surface area contributed by atoms with Crippen molar-refractivity contribution >= 4 is 11.6 Å². The second-order valence-electron chi connectivity index (χ2n) is 3.83. The lowest BCUT2D eigenvalue weighted by Gasteiger charge is -2.09. The maximum absolute atomic E-state index is 13.4. The first-order chi connectivity index (χ1) is 8.16. The molecule has 0 saturated heterocycles. The van der Waals surface area contributed by atoms with Crippen molar-refractivity contribution in [1.82, 2.24) is 0 Å². The lowest BCUT2D eigenvalue weighted by atomic mass is 10.2. The van der Waals surface area contributed by atoms with Gasteiger partial charge in [-0.3, -0.25) is 0 Å². The van der Waals surface area contributed by atoms with Gasteiger partial charge in [-0.25, -0.2) is 4.39 Å². The predicted octanol–water partition coefficient (Wildman–Crippen LogP) is 4.37. The highest BCUT2D eigenvalue weighted by Crippen LogP contribution is 2.29. The standard InChI is InChI=1S/C14H12ClFO/c1-10-7-12(16)14(15)13(8-10)17-9-11-5-3-2-4-6-11/h2-8H,9H2,1H3. The molecule has 0 saturated carbocycles. The third kappa shape index (κ3) is 2.98. The van der Waals surface area contributed by atoms with Gasteiger partial charge in [0, 0.05) is 0 Å². The van der Waals surface area contributed by atoms with E-state index in [1.165, 1.54) is 6.07 Å². The SMILES string of the molecule is Cc1cc(F)c(Cl)c(OCc2ccccc2)c1. The van der Waals surface area contributed by atoms with E-state index in [2.05, 4.69) is 0 Å². The number of halogens is 2. The predicted molar refractivity (Wildman–Crippen MR) is 66.9 cm³/mol. The van der Waals surface area contributed by atoms with Crippen molar-refractivity contribution in [2.75, 3.05) is 0 Å². The fraction of sp³-hybridized carbons (Fsp3) is 0.143. The first-order valence-corrected chi connectivity index (χ1v) is 5.67. The lowest BCUT2D eigenvalue weighted by Crippen LogP contribution is -1.97. The molecular weight excluding hydrogens is 239 g/mol. The number of ether oxygens (including phenoxy) is 1. The van der Waals surface area contributed by atoms with Crippen LogP contribution in [0, 0.1) is 12.7 Å². The minimum atomic E-state index is -0.449. The molecule has 88 valence electrons. The van der Waals surface area contributed by atoms with Gasteiger partial charge in [0.1, 0.15) is 23.2 Å². The maximum Gasteiger partial charge on any atom is 0.145 e. The van der Waals surface area contributed by atoms with Gasteiger partial charge in [-0.1, -0.05) is 41.9 Å². The van der Waals surface area contributed by atoms with E-state index in [9.17, 15) is 4.39 Å². The second kappa shape index (κ2) is 5.19. The lowest BCUT2D eigenvalue weighted by molar-refractivity contribution is 0.304. The summed E-state index contributed by atoms with van der Waals surface area (Å²) in [5, 5.41) is 0.0338. The summed E-state index contributed by atoms with van der Waals surface area (Å²) in [6.07, 6.45) is 0. The molecule has 2 aromatic rings. The van der Waals surface area contributed by atoms with Gasteiger partial charge >= 0.3 is 0 Å². The molecule has 2 rings (SSSR count). The Balaban J connectivity index is 2.14. The van der Waals surface area contributed by atoms with Crippen LogP contribution in [0.25, 0.3) is 0 Å². The molecular formula is C14H12ClFO. The fourth-order valence-corrected chi connectivity index (χ4v) is 1.70. The molecule has 0 aliphatic heterocycles. The van der Waals surface area contributed by atoms with Crippen LogP contribution in [0.1, 0.15) is 11.1 Å². The van der Waals surface area contributed by atoms with Crippen molar-refractivity contribution in [3.63, 3.8) is 0 Å². The third-order valence-corrected chi connectivity index (χ3v) is 2.74. The van der Waals surface area contributed by atoms with Crippen LogP contribution in [0.4, 0.5) is 4.39 Å². The van der Waals surface area contributed by atoms with E-state index < -0.39 is 5.82 Å². The number of hydrogen-bond acceptors (Lipinski definition) is 1. The third-order valence-electron chi connectivity index (χ3n) is 2.38. The largest absolute Gasteiger partial charge is 0.487 e. The Bertz CT molecular complexity index is 511. The summed E-state index contributed by atoms with van der Waals surface area (Å²) in [4.78, 5) is 0. The molecule has 0 bridgehead atoms. The van der Waals surface area contributed by atoms with Crippen LogP contribution in [0.15, 0.2) is 42.5 Å². The summed E-state index contributed by atoms with van der Waals surface area (Å²) in [5.74, 6) is -0.0669. The number of rotatable bonds is 3. The van der Waals surface area contributed by atoms with Crippen molar-refractivity contribution in [3.05, 3.63) is 64.4 Å². The number of benzene rings is 2. The zero-order valence-electron chi connectivity index (χ0n) is 9.41. The molecule has 3 heteroatoms. The molecule has 17 heavy (non-hydrogen) atoms. The molecule has 0 aromatic heterocycles. The minimum absolute atomic E-state index is 0.0338. The zero-order chi connectivity index (χ0) is 12.3. The Hall–Kier alpha value is -1.54. The zero-order valence-corrected chi connectivity index (χ0v) is 10.2. The van der Waals surface area contributed by atoms with Crippen LogP contribution in [-0.2, 0) is 6.61 Å². The van der Waals surface area contributed by atoms with E-state index in [1.54, 1.807) is 13.0 Å². The summed E-state index contributed by atoms with van der Waals surface area (Å²) in [5.41, 5.74) is 1.81. The normalized spacial score (nSPS) is 10.3. The molecule has 1 nitrogen and oxygen atoms in total. The van der Waals surface area contributed by atoms with Crippen LogP contribution < -0.4 is 4.74 Å². The van der Waals surface area contributed by atoms with Crippen LogP contribution in [-0.4, -0.2) is 0 Å². The summed E-state index contributed by atoms with van der Waals surface area (Å²) in [6, 6.07) is 12.8. The maximum atomic E-state index is 13.4. The Morgan fingerprint density at radius 3 is 2.59 bits per heavy atom. The van der Waals surface area contributed by atoms with Gasteiger partial charge in [0.15, 0.2) is 0 Å². The topological polar surface area (TPSA) is 9.23 Å². The summed E-state index contributed by atoms with van der Waals surface area (Å²) < 4.78 is 18.9. The van der Waals surface area contributed by atoms with Crippen LogP contribution in [0.2, 0.25) is 5.02 Å². The quantitative estimate of drug-likeness (QED) is 0.786. The summed E-state index contributed by atoms with van der Waals surface area (Å²) >= 11 is 5.83. The molecule has 0 N–H and O–H groups in total. The Morgan fingerprint density at radius 2 is 1.88 bits per heavy atom. The highest BCUT2D eigenvalue weighted by atomic mass is 35.5. The molecule has 0 amide bonds. The second-order valence-corrected chi connectivity index (χ2v) is 4.21. The Labute approximate surface area is 105 Å². The van der Waals surface area contributed by atoms with E-state index >= 15 is 0 Å². The van der Waals surface area contributed by atoms with E-state index in [1.807, 2.05) is 30.3 Å². The first-order valence-electron chi connectivity index (χ1n) is 5.29. The Morgan fingerprint density at radius 1 is 1.18 bits per heavy atom. The van der Waals surface area contributed by atoms with Crippen molar-refractivity contribution in [1.29, 1.82) is 0 Å². The molecule has 0 unspecified atom stereocenters. The first kappa shape index (κ1) is 11.9. The van der Waals surface area contributed by atoms with Gasteiger partial charge < -0.3 is 4.74 Å². The van der Waals surface area contributed by atoms with E-state index in [0.29, 0.717) is 12.4 Å². The summed E-state index contributed by atoms with van der Waals surface area (Å²) in [7, 11) is 0. The van der Waals surface area contributed by atoms with E-state index in [0.717, 1.165) is 11.1 Å². The van der Waals surface area contributed by atoms with E-state index in [4.69, 9.17) is 16.3 Å². The van der Waals surface area contributed by atoms with Gasteiger partial charge in [-0.2, -0.15) is 0 Å². The van der Waals surface area contributed by atoms with Gasteiger partial charge in [-0.15, -0.1) is 0 Å². The van der Waals surface area contributed by atoms with Crippen LogP contribution in [0.5, 0.6) is 5.75 Å². The van der Waals surface area contributed by atoms with Crippen LogP contribution >= 0.6 is 11.6 Å². The Kier molecular flexibility index (Phi) is 3.64. The molecule has 0 fully saturated rings. The minimum Gasteiger partial charge on any atom is -0.487 e. The fourth-order valence-electron chi connectivity index (χ4n) is 1.53. The average Bonchev–Trinajstić information content (AvgIpc) is 2.33. The van der Waals surface area contributed by atoms with Gasteiger partial charge in [0.25, 0.3) is 0 Å². The van der Waals surface area contributed by atoms with E-state index in [-0.39, 0.29) is 5.02 Å². The number of aryl methyl sites for hydroxylation is 1. The van der Waals surface area contributed by atoms with Crippen molar-refractivity contribution in [2.24, 2.45) is 0 Å².